The average molecular weight is 448 g/mol. The van der Waals surface area contributed by atoms with E-state index in [9.17, 15) is 10.1 Å². The maximum atomic E-state index is 12.0. The number of esters is 1. The molecule has 2 N–H and O–H groups in total. The van der Waals surface area contributed by atoms with Crippen molar-refractivity contribution in [3.8, 4) is 23.1 Å². The summed E-state index contributed by atoms with van der Waals surface area (Å²) in [6.07, 6.45) is 3.27. The fraction of sp³-hybridized carbons (Fsp3) is 0.348. The quantitative estimate of drug-likeness (QED) is 0.520. The van der Waals surface area contributed by atoms with E-state index in [1.807, 2.05) is 6.07 Å². The van der Waals surface area contributed by atoms with Gasteiger partial charge in [0, 0.05) is 30.2 Å². The Bertz CT molecular complexity index is 1180. The minimum Gasteiger partial charge on any atom is -0.489 e. The predicted molar refractivity (Wildman–Crippen MR) is 119 cm³/mol. The Balaban J connectivity index is 1.53. The molecule has 0 amide bonds. The molecule has 0 radical (unpaired) electrons. The van der Waals surface area contributed by atoms with Crippen LogP contribution in [0.4, 0.5) is 11.8 Å². The highest BCUT2D eigenvalue weighted by Gasteiger charge is 2.19. The lowest BCUT2D eigenvalue weighted by atomic mass is 10.1. The maximum absolute atomic E-state index is 12.0. The van der Waals surface area contributed by atoms with Crippen LogP contribution in [-0.2, 0) is 9.47 Å². The molecular formula is C23H24N6O4. The number of nitrogens with one attached hydrogen (secondary N) is 2. The van der Waals surface area contributed by atoms with Crippen LogP contribution in [0.3, 0.4) is 0 Å². The predicted octanol–water partition coefficient (Wildman–Crippen LogP) is 3.52. The second-order valence-corrected chi connectivity index (χ2v) is 7.44. The van der Waals surface area contributed by atoms with Crippen LogP contribution in [-0.4, -0.2) is 52.1 Å². The molecule has 0 unspecified atom stereocenters. The summed E-state index contributed by atoms with van der Waals surface area (Å²) in [6, 6.07) is 9.37. The minimum atomic E-state index is -0.499. The topological polar surface area (TPSA) is 135 Å². The van der Waals surface area contributed by atoms with Crippen LogP contribution in [0.2, 0.25) is 0 Å². The van der Waals surface area contributed by atoms with Gasteiger partial charge in [0.15, 0.2) is 5.69 Å². The first kappa shape index (κ1) is 22.2. The van der Waals surface area contributed by atoms with Crippen LogP contribution in [0.5, 0.6) is 5.75 Å². The summed E-state index contributed by atoms with van der Waals surface area (Å²) in [5, 5.41) is 19.5. The van der Waals surface area contributed by atoms with Gasteiger partial charge in [-0.15, -0.1) is 0 Å². The Hall–Kier alpha value is -3.97. The highest BCUT2D eigenvalue weighted by atomic mass is 16.5. The molecule has 0 atom stereocenters. The molecule has 1 saturated heterocycles. The van der Waals surface area contributed by atoms with Crippen LogP contribution in [0.15, 0.2) is 30.5 Å². The van der Waals surface area contributed by atoms with Crippen molar-refractivity contribution in [1.29, 1.82) is 5.26 Å². The Kier molecular flexibility index (Phi) is 6.80. The summed E-state index contributed by atoms with van der Waals surface area (Å²) < 4.78 is 16.4. The summed E-state index contributed by atoms with van der Waals surface area (Å²) >= 11 is 0. The molecule has 1 fully saturated rings. The van der Waals surface area contributed by atoms with Gasteiger partial charge in [0.05, 0.1) is 31.1 Å². The average Bonchev–Trinajstić information content (AvgIpc) is 3.20. The second-order valence-electron chi connectivity index (χ2n) is 7.44. The maximum Gasteiger partial charge on any atom is 0.359 e. The van der Waals surface area contributed by atoms with Gasteiger partial charge in [0.2, 0.25) is 5.95 Å². The Morgan fingerprint density at radius 1 is 1.33 bits per heavy atom. The molecule has 1 aliphatic heterocycles. The Morgan fingerprint density at radius 3 is 2.91 bits per heavy atom. The summed E-state index contributed by atoms with van der Waals surface area (Å²) in [7, 11) is 0. The van der Waals surface area contributed by atoms with Gasteiger partial charge in [-0.3, -0.25) is 5.10 Å². The Labute approximate surface area is 190 Å². The number of aromatic nitrogens is 4. The molecule has 33 heavy (non-hydrogen) atoms. The van der Waals surface area contributed by atoms with Gasteiger partial charge in [-0.05, 0) is 38.1 Å². The van der Waals surface area contributed by atoms with Gasteiger partial charge < -0.3 is 19.5 Å². The van der Waals surface area contributed by atoms with Crippen molar-refractivity contribution in [1.82, 2.24) is 20.2 Å². The van der Waals surface area contributed by atoms with Crippen LogP contribution < -0.4 is 10.1 Å². The molecule has 10 heteroatoms. The van der Waals surface area contributed by atoms with Gasteiger partial charge in [-0.2, -0.15) is 10.4 Å². The number of H-pyrrole nitrogens is 1. The highest BCUT2D eigenvalue weighted by Crippen LogP contribution is 2.28. The number of benzene rings is 1. The van der Waals surface area contributed by atoms with Gasteiger partial charge in [0.1, 0.15) is 23.7 Å². The van der Waals surface area contributed by atoms with Crippen molar-refractivity contribution in [2.24, 2.45) is 0 Å². The third-order valence-electron chi connectivity index (χ3n) is 5.23. The largest absolute Gasteiger partial charge is 0.489 e. The van der Waals surface area contributed by atoms with E-state index in [1.165, 1.54) is 0 Å². The lowest BCUT2D eigenvalue weighted by molar-refractivity contribution is 0.0254. The van der Waals surface area contributed by atoms with Crippen molar-refractivity contribution in [2.45, 2.75) is 32.8 Å². The number of carbonyl (C=O) groups excluding carboxylic acids is 1. The van der Waals surface area contributed by atoms with E-state index < -0.39 is 5.97 Å². The second kappa shape index (κ2) is 10.1. The van der Waals surface area contributed by atoms with Gasteiger partial charge in [-0.25, -0.2) is 14.8 Å². The SMILES string of the molecule is CCOC(=O)c1n[nH]c(Nc2nccc(-c3ccc(OC4CCOCC4)c(C#N)c3)n2)c1C. The highest BCUT2D eigenvalue weighted by molar-refractivity contribution is 5.90. The van der Waals surface area contributed by atoms with E-state index in [1.54, 1.807) is 38.2 Å². The smallest absolute Gasteiger partial charge is 0.359 e. The summed E-state index contributed by atoms with van der Waals surface area (Å²) in [4.78, 5) is 20.8. The van der Waals surface area contributed by atoms with Crippen molar-refractivity contribution in [2.75, 3.05) is 25.1 Å². The number of carbonyl (C=O) groups is 1. The first-order chi connectivity index (χ1) is 16.1. The third kappa shape index (κ3) is 5.10. The van der Waals surface area contributed by atoms with Crippen molar-refractivity contribution in [3.05, 3.63) is 47.3 Å². The number of rotatable bonds is 7. The summed E-state index contributed by atoms with van der Waals surface area (Å²) in [6.45, 7) is 5.08. The molecule has 0 saturated carbocycles. The van der Waals surface area contributed by atoms with E-state index >= 15 is 0 Å². The van der Waals surface area contributed by atoms with Crippen molar-refractivity contribution in [3.63, 3.8) is 0 Å². The third-order valence-corrected chi connectivity index (χ3v) is 5.23. The number of hydrogen-bond acceptors (Lipinski definition) is 9. The Morgan fingerprint density at radius 2 is 2.15 bits per heavy atom. The number of anilines is 2. The summed E-state index contributed by atoms with van der Waals surface area (Å²) in [5.74, 6) is 0.866. The molecule has 1 aromatic carbocycles. The molecule has 0 spiro atoms. The standard InChI is InChI=1S/C23H24N6O4/c1-3-32-22(30)20-14(2)21(29-28-20)27-23-25-9-6-18(26-23)15-4-5-19(16(12-15)13-24)33-17-7-10-31-11-8-17/h4-6,9,12,17H,3,7-8,10-11H2,1-2H3,(H2,25,26,27,28,29). The van der Waals surface area contributed by atoms with E-state index in [-0.39, 0.29) is 18.4 Å². The number of ether oxygens (including phenoxy) is 3. The number of aromatic amines is 1. The minimum absolute atomic E-state index is 0.0451. The molecule has 10 nitrogen and oxygen atoms in total. The van der Waals surface area contributed by atoms with Gasteiger partial charge in [-0.1, -0.05) is 0 Å². The molecule has 3 heterocycles. The molecule has 1 aliphatic rings. The molecule has 3 aromatic rings. The van der Waals surface area contributed by atoms with E-state index in [4.69, 9.17) is 14.2 Å². The molecule has 4 rings (SSSR count). The zero-order chi connectivity index (χ0) is 23.2. The number of hydrogen-bond donors (Lipinski definition) is 2. The monoisotopic (exact) mass is 448 g/mol. The van der Waals surface area contributed by atoms with Crippen molar-refractivity contribution >= 4 is 17.7 Å². The van der Waals surface area contributed by atoms with E-state index in [0.717, 1.165) is 18.4 Å². The fourth-order valence-corrected chi connectivity index (χ4v) is 3.46. The lowest BCUT2D eigenvalue weighted by Gasteiger charge is -2.23. The number of nitriles is 1. The lowest BCUT2D eigenvalue weighted by Crippen LogP contribution is -2.26. The van der Waals surface area contributed by atoms with Gasteiger partial charge >= 0.3 is 5.97 Å². The van der Waals surface area contributed by atoms with Crippen LogP contribution >= 0.6 is 0 Å². The molecule has 2 aromatic heterocycles. The van der Waals surface area contributed by atoms with Crippen molar-refractivity contribution < 1.29 is 19.0 Å². The zero-order valence-corrected chi connectivity index (χ0v) is 18.4. The molecular weight excluding hydrogens is 424 g/mol. The van der Waals surface area contributed by atoms with Crippen LogP contribution in [0.25, 0.3) is 11.3 Å². The van der Waals surface area contributed by atoms with Gasteiger partial charge in [0.25, 0.3) is 0 Å². The van der Waals surface area contributed by atoms with E-state index in [2.05, 4.69) is 31.6 Å². The molecule has 0 bridgehead atoms. The molecule has 170 valence electrons. The van der Waals surface area contributed by atoms with Crippen LogP contribution in [0.1, 0.15) is 41.4 Å². The van der Waals surface area contributed by atoms with E-state index in [0.29, 0.717) is 47.6 Å². The van der Waals surface area contributed by atoms with Crippen LogP contribution in [0, 0.1) is 18.3 Å². The first-order valence-electron chi connectivity index (χ1n) is 10.7. The zero-order valence-electron chi connectivity index (χ0n) is 18.4. The molecule has 0 aliphatic carbocycles. The fourth-order valence-electron chi connectivity index (χ4n) is 3.46. The number of nitrogens with zero attached hydrogens (tertiary/aromatic N) is 4. The first-order valence-corrected chi connectivity index (χ1v) is 10.7. The normalized spacial score (nSPS) is 13.8. The summed E-state index contributed by atoms with van der Waals surface area (Å²) in [5.41, 5.74) is 2.63.